The maximum Gasteiger partial charge on any atom is 0.325 e. The van der Waals surface area contributed by atoms with Crippen molar-refractivity contribution in [3.05, 3.63) is 22.5 Å². The van der Waals surface area contributed by atoms with Gasteiger partial charge in [-0.2, -0.15) is 5.10 Å². The van der Waals surface area contributed by atoms with Gasteiger partial charge in [0.1, 0.15) is 0 Å². The van der Waals surface area contributed by atoms with Crippen molar-refractivity contribution in [2.24, 2.45) is 5.92 Å². The molecule has 108 valence electrons. The molecule has 7 heteroatoms. The molecule has 2 amide bonds. The Morgan fingerprint density at radius 2 is 2.15 bits per heavy atom. The minimum absolute atomic E-state index is 0.303. The van der Waals surface area contributed by atoms with Crippen LogP contribution in [0.15, 0.2) is 6.20 Å². The number of thiazole rings is 1. The SMILES string of the molecule is Cc1n[nH]c(C)c1NC(=O)Nc1ncc(CC(C)C)s1. The van der Waals surface area contributed by atoms with Gasteiger partial charge in [0.25, 0.3) is 0 Å². The van der Waals surface area contributed by atoms with Crippen molar-refractivity contribution in [2.45, 2.75) is 34.1 Å². The van der Waals surface area contributed by atoms with E-state index < -0.39 is 0 Å². The number of nitrogens with one attached hydrogen (secondary N) is 3. The van der Waals surface area contributed by atoms with E-state index in [2.05, 4.69) is 39.7 Å². The lowest BCUT2D eigenvalue weighted by molar-refractivity contribution is 0.262. The molecule has 0 aliphatic rings. The lowest BCUT2D eigenvalue weighted by atomic mass is 10.1. The Labute approximate surface area is 122 Å². The van der Waals surface area contributed by atoms with E-state index in [-0.39, 0.29) is 6.03 Å². The van der Waals surface area contributed by atoms with Crippen LogP contribution in [0, 0.1) is 19.8 Å². The molecule has 20 heavy (non-hydrogen) atoms. The Bertz CT molecular complexity index is 582. The molecule has 2 heterocycles. The molecule has 6 nitrogen and oxygen atoms in total. The van der Waals surface area contributed by atoms with Gasteiger partial charge < -0.3 is 5.32 Å². The summed E-state index contributed by atoms with van der Waals surface area (Å²) < 4.78 is 0. The number of carbonyl (C=O) groups is 1. The lowest BCUT2D eigenvalue weighted by Crippen LogP contribution is -2.19. The zero-order valence-electron chi connectivity index (χ0n) is 12.1. The first-order chi connectivity index (χ1) is 9.45. The summed E-state index contributed by atoms with van der Waals surface area (Å²) in [6.45, 7) is 8.01. The molecule has 0 atom stereocenters. The van der Waals surface area contributed by atoms with Gasteiger partial charge in [-0.05, 0) is 26.2 Å². The third-order valence-corrected chi connectivity index (χ3v) is 3.69. The summed E-state index contributed by atoms with van der Waals surface area (Å²) in [6, 6.07) is -0.303. The second-order valence-electron chi connectivity index (χ2n) is 5.12. The highest BCUT2D eigenvalue weighted by Gasteiger charge is 2.12. The van der Waals surface area contributed by atoms with E-state index >= 15 is 0 Å². The van der Waals surface area contributed by atoms with Gasteiger partial charge in [-0.15, -0.1) is 11.3 Å². The fourth-order valence-corrected chi connectivity index (χ4v) is 2.86. The first-order valence-electron chi connectivity index (χ1n) is 6.50. The highest BCUT2D eigenvalue weighted by Crippen LogP contribution is 2.22. The number of carbonyl (C=O) groups excluding carboxylic acids is 1. The Kier molecular flexibility index (Phi) is 4.39. The third-order valence-electron chi connectivity index (χ3n) is 2.75. The van der Waals surface area contributed by atoms with Gasteiger partial charge in [0.15, 0.2) is 5.13 Å². The topological polar surface area (TPSA) is 82.7 Å². The number of nitrogens with zero attached hydrogens (tertiary/aromatic N) is 2. The highest BCUT2D eigenvalue weighted by atomic mass is 32.1. The van der Waals surface area contributed by atoms with E-state index in [1.807, 2.05) is 20.0 Å². The van der Waals surface area contributed by atoms with Crippen LogP contribution in [0.4, 0.5) is 15.6 Å². The molecule has 2 aromatic rings. The Hall–Kier alpha value is -1.89. The molecule has 0 saturated heterocycles. The number of anilines is 2. The van der Waals surface area contributed by atoms with Crippen LogP contribution in [0.1, 0.15) is 30.1 Å². The predicted molar refractivity (Wildman–Crippen MR) is 81.4 cm³/mol. The molecular formula is C13H19N5OS. The van der Waals surface area contributed by atoms with Crippen molar-refractivity contribution < 1.29 is 4.79 Å². The number of aromatic nitrogens is 3. The standard InChI is InChI=1S/C13H19N5OS/c1-7(2)5-10-6-14-13(20-10)16-12(19)15-11-8(3)17-18-9(11)4/h6-7H,5H2,1-4H3,(H,17,18)(H2,14,15,16,19). The average Bonchev–Trinajstić information content (AvgIpc) is 2.90. The number of aromatic amines is 1. The molecule has 3 N–H and O–H groups in total. The van der Waals surface area contributed by atoms with Gasteiger partial charge in [-0.25, -0.2) is 9.78 Å². The summed E-state index contributed by atoms with van der Waals surface area (Å²) in [4.78, 5) is 17.3. The molecule has 0 bridgehead atoms. The van der Waals surface area contributed by atoms with Crippen LogP contribution in [-0.2, 0) is 6.42 Å². The highest BCUT2D eigenvalue weighted by molar-refractivity contribution is 7.15. The van der Waals surface area contributed by atoms with Crippen LogP contribution in [0.2, 0.25) is 0 Å². The molecule has 0 aliphatic carbocycles. The van der Waals surface area contributed by atoms with E-state index in [4.69, 9.17) is 0 Å². The summed E-state index contributed by atoms with van der Waals surface area (Å²) in [7, 11) is 0. The molecule has 0 saturated carbocycles. The fourth-order valence-electron chi connectivity index (χ4n) is 1.84. The zero-order valence-corrected chi connectivity index (χ0v) is 12.9. The Balaban J connectivity index is 1.96. The molecular weight excluding hydrogens is 274 g/mol. The van der Waals surface area contributed by atoms with Crippen molar-refractivity contribution in [3.63, 3.8) is 0 Å². The van der Waals surface area contributed by atoms with Crippen molar-refractivity contribution in [2.75, 3.05) is 10.6 Å². The number of urea groups is 1. The summed E-state index contributed by atoms with van der Waals surface area (Å²) in [5.74, 6) is 0.577. The van der Waals surface area contributed by atoms with Crippen LogP contribution in [-0.4, -0.2) is 21.2 Å². The van der Waals surface area contributed by atoms with Crippen molar-refractivity contribution in [3.8, 4) is 0 Å². The van der Waals surface area contributed by atoms with Gasteiger partial charge in [-0.3, -0.25) is 10.4 Å². The van der Waals surface area contributed by atoms with Gasteiger partial charge >= 0.3 is 6.03 Å². The van der Waals surface area contributed by atoms with E-state index in [0.717, 1.165) is 17.8 Å². The third kappa shape index (κ3) is 3.57. The smallest absolute Gasteiger partial charge is 0.304 e. The molecule has 2 rings (SSSR count). The lowest BCUT2D eigenvalue weighted by Gasteiger charge is -2.05. The first kappa shape index (κ1) is 14.5. The molecule has 0 spiro atoms. The average molecular weight is 293 g/mol. The van der Waals surface area contributed by atoms with Crippen molar-refractivity contribution >= 4 is 28.2 Å². The van der Waals surface area contributed by atoms with Gasteiger partial charge in [0.2, 0.25) is 0 Å². The summed E-state index contributed by atoms with van der Waals surface area (Å²) in [6.07, 6.45) is 2.79. The molecule has 2 aromatic heterocycles. The molecule has 0 radical (unpaired) electrons. The number of amides is 2. The summed E-state index contributed by atoms with van der Waals surface area (Å²) in [5.41, 5.74) is 2.30. The molecule has 0 aromatic carbocycles. The second-order valence-corrected chi connectivity index (χ2v) is 6.23. The second kappa shape index (κ2) is 6.04. The fraction of sp³-hybridized carbons (Fsp3) is 0.462. The molecule has 0 fully saturated rings. The zero-order chi connectivity index (χ0) is 14.7. The maximum absolute atomic E-state index is 11.9. The van der Waals surface area contributed by atoms with Crippen LogP contribution < -0.4 is 10.6 Å². The van der Waals surface area contributed by atoms with Crippen molar-refractivity contribution in [1.82, 2.24) is 15.2 Å². The quantitative estimate of drug-likeness (QED) is 0.808. The number of H-pyrrole nitrogens is 1. The number of rotatable bonds is 4. The molecule has 0 unspecified atom stereocenters. The minimum atomic E-state index is -0.303. The summed E-state index contributed by atoms with van der Waals surface area (Å²) >= 11 is 1.50. The number of aryl methyl sites for hydroxylation is 2. The van der Waals surface area contributed by atoms with E-state index in [9.17, 15) is 4.79 Å². The molecule has 0 aliphatic heterocycles. The van der Waals surface area contributed by atoms with Crippen LogP contribution >= 0.6 is 11.3 Å². The Morgan fingerprint density at radius 1 is 1.40 bits per heavy atom. The maximum atomic E-state index is 11.9. The van der Waals surface area contributed by atoms with Gasteiger partial charge in [0, 0.05) is 11.1 Å². The minimum Gasteiger partial charge on any atom is -0.304 e. The monoisotopic (exact) mass is 293 g/mol. The number of hydrogen-bond donors (Lipinski definition) is 3. The van der Waals surface area contributed by atoms with Gasteiger partial charge in [-0.1, -0.05) is 13.8 Å². The normalized spacial score (nSPS) is 10.8. The van der Waals surface area contributed by atoms with Crippen molar-refractivity contribution in [1.29, 1.82) is 0 Å². The largest absolute Gasteiger partial charge is 0.325 e. The van der Waals surface area contributed by atoms with Gasteiger partial charge in [0.05, 0.1) is 17.1 Å². The van der Waals surface area contributed by atoms with Crippen LogP contribution in [0.25, 0.3) is 0 Å². The van der Waals surface area contributed by atoms with E-state index in [1.165, 1.54) is 16.2 Å². The first-order valence-corrected chi connectivity index (χ1v) is 7.31. The van der Waals surface area contributed by atoms with Crippen LogP contribution in [0.3, 0.4) is 0 Å². The van der Waals surface area contributed by atoms with E-state index in [1.54, 1.807) is 0 Å². The van der Waals surface area contributed by atoms with E-state index in [0.29, 0.717) is 16.7 Å². The predicted octanol–water partition coefficient (Wildman–Crippen LogP) is 3.33. The summed E-state index contributed by atoms with van der Waals surface area (Å²) in [5, 5.41) is 13.0. The number of hydrogen-bond acceptors (Lipinski definition) is 4. The van der Waals surface area contributed by atoms with Crippen LogP contribution in [0.5, 0.6) is 0 Å². The Morgan fingerprint density at radius 3 is 2.75 bits per heavy atom.